The lowest BCUT2D eigenvalue weighted by Gasteiger charge is -2.03. The van der Waals surface area contributed by atoms with Crippen molar-refractivity contribution in [3.05, 3.63) is 77.4 Å². The minimum atomic E-state index is -0.284. The first-order valence-corrected chi connectivity index (χ1v) is 10.0. The number of hydrogen-bond acceptors (Lipinski definition) is 6. The maximum atomic E-state index is 12.5. The molecule has 0 saturated heterocycles. The lowest BCUT2D eigenvalue weighted by molar-refractivity contribution is 0.102. The molecule has 0 atom stereocenters. The smallest absolute Gasteiger partial charge is 0.260 e. The van der Waals surface area contributed by atoms with Crippen molar-refractivity contribution in [1.29, 1.82) is 0 Å². The summed E-state index contributed by atoms with van der Waals surface area (Å²) >= 11 is 1.39. The summed E-state index contributed by atoms with van der Waals surface area (Å²) < 4.78 is 5.55. The Bertz CT molecular complexity index is 1170. The van der Waals surface area contributed by atoms with Crippen LogP contribution < -0.4 is 10.1 Å². The van der Waals surface area contributed by atoms with Gasteiger partial charge in [0.25, 0.3) is 5.91 Å². The van der Waals surface area contributed by atoms with Gasteiger partial charge in [0.1, 0.15) is 5.75 Å². The Balaban J connectivity index is 1.30. The van der Waals surface area contributed by atoms with Crippen LogP contribution >= 0.6 is 11.3 Å². The highest BCUT2D eigenvalue weighted by molar-refractivity contribution is 7.14. The minimum Gasteiger partial charge on any atom is -0.493 e. The van der Waals surface area contributed by atoms with Crippen LogP contribution in [0.3, 0.4) is 0 Å². The van der Waals surface area contributed by atoms with Crippen LogP contribution in [0.1, 0.15) is 15.9 Å². The summed E-state index contributed by atoms with van der Waals surface area (Å²) in [7, 11) is 0. The first-order chi connectivity index (χ1) is 14.3. The summed E-state index contributed by atoms with van der Waals surface area (Å²) in [6, 6.07) is 15.7. The number of carbonyl (C=O) groups is 1. The molecule has 1 aliphatic heterocycles. The molecule has 0 unspecified atom stereocenters. The number of nitrogens with zero attached hydrogens (tertiary/aromatic N) is 3. The zero-order valence-corrected chi connectivity index (χ0v) is 16.1. The maximum Gasteiger partial charge on any atom is 0.260 e. The highest BCUT2D eigenvalue weighted by atomic mass is 32.1. The van der Waals surface area contributed by atoms with Crippen molar-refractivity contribution in [2.75, 3.05) is 11.9 Å². The Hall–Kier alpha value is -3.58. The summed E-state index contributed by atoms with van der Waals surface area (Å²) in [5.74, 6) is 1.24. The normalized spacial score (nSPS) is 12.3. The van der Waals surface area contributed by atoms with E-state index in [1.165, 1.54) is 29.3 Å². The number of fused-ring (bicyclic) bond motifs is 1. The number of benzene rings is 2. The van der Waals surface area contributed by atoms with Crippen LogP contribution in [-0.4, -0.2) is 27.5 Å². The van der Waals surface area contributed by atoms with E-state index in [4.69, 9.17) is 4.74 Å². The van der Waals surface area contributed by atoms with Crippen LogP contribution in [-0.2, 0) is 6.42 Å². The first kappa shape index (κ1) is 17.5. The number of rotatable bonds is 4. The highest BCUT2D eigenvalue weighted by Gasteiger charge is 2.15. The van der Waals surface area contributed by atoms with Gasteiger partial charge in [-0.05, 0) is 23.8 Å². The van der Waals surface area contributed by atoms with Crippen LogP contribution in [0.5, 0.6) is 5.75 Å². The molecule has 0 saturated carbocycles. The van der Waals surface area contributed by atoms with Crippen LogP contribution in [0.2, 0.25) is 0 Å². The summed E-state index contributed by atoms with van der Waals surface area (Å²) in [6.45, 7) is 0.724. The third-order valence-corrected chi connectivity index (χ3v) is 5.41. The van der Waals surface area contributed by atoms with Crippen molar-refractivity contribution in [2.24, 2.45) is 0 Å². The summed E-state index contributed by atoms with van der Waals surface area (Å²) in [6.07, 6.45) is 3.97. The highest BCUT2D eigenvalue weighted by Crippen LogP contribution is 2.32. The van der Waals surface area contributed by atoms with E-state index in [1.54, 1.807) is 0 Å². The average molecular weight is 400 g/mol. The van der Waals surface area contributed by atoms with E-state index in [9.17, 15) is 4.79 Å². The standard InChI is InChI=1S/C22H16N4O2S/c27-21(17-11-23-20(24-12-17)14-4-2-1-3-5-14)26-22-25-18(13-29-22)15-6-7-19-16(10-15)8-9-28-19/h1-7,10-13H,8-9H2,(H,25,26,27). The number of hydrogen-bond donors (Lipinski definition) is 1. The molecule has 1 aliphatic rings. The maximum absolute atomic E-state index is 12.5. The average Bonchev–Trinajstić information content (AvgIpc) is 3.43. The van der Waals surface area contributed by atoms with E-state index in [0.29, 0.717) is 16.5 Å². The van der Waals surface area contributed by atoms with E-state index >= 15 is 0 Å². The Morgan fingerprint density at radius 3 is 2.69 bits per heavy atom. The van der Waals surface area contributed by atoms with Crippen LogP contribution in [0, 0.1) is 0 Å². The quantitative estimate of drug-likeness (QED) is 0.547. The molecular formula is C22H16N4O2S. The lowest BCUT2D eigenvalue weighted by atomic mass is 10.1. The van der Waals surface area contributed by atoms with Gasteiger partial charge in [0.05, 0.1) is 17.9 Å². The van der Waals surface area contributed by atoms with Gasteiger partial charge < -0.3 is 4.74 Å². The van der Waals surface area contributed by atoms with Gasteiger partial charge >= 0.3 is 0 Å². The van der Waals surface area contributed by atoms with Gasteiger partial charge in [0, 0.05) is 35.3 Å². The topological polar surface area (TPSA) is 77.0 Å². The molecule has 4 aromatic rings. The second kappa shape index (κ2) is 7.44. The molecule has 1 amide bonds. The van der Waals surface area contributed by atoms with Crippen molar-refractivity contribution in [2.45, 2.75) is 6.42 Å². The lowest BCUT2D eigenvalue weighted by Crippen LogP contribution is -2.12. The molecular weight excluding hydrogens is 384 g/mol. The van der Waals surface area contributed by atoms with Crippen LogP contribution in [0.25, 0.3) is 22.6 Å². The monoisotopic (exact) mass is 400 g/mol. The molecule has 2 aromatic heterocycles. The van der Waals surface area contributed by atoms with E-state index in [-0.39, 0.29) is 5.91 Å². The van der Waals surface area contributed by atoms with Crippen molar-refractivity contribution < 1.29 is 9.53 Å². The van der Waals surface area contributed by atoms with E-state index in [0.717, 1.165) is 35.6 Å². The van der Waals surface area contributed by atoms with Gasteiger partial charge in [-0.2, -0.15) is 0 Å². The predicted molar refractivity (Wildman–Crippen MR) is 112 cm³/mol. The molecule has 1 N–H and O–H groups in total. The molecule has 2 aromatic carbocycles. The minimum absolute atomic E-state index is 0.284. The van der Waals surface area contributed by atoms with Crippen molar-refractivity contribution in [3.63, 3.8) is 0 Å². The van der Waals surface area contributed by atoms with Gasteiger partial charge in [0.15, 0.2) is 11.0 Å². The van der Waals surface area contributed by atoms with Gasteiger partial charge in [-0.25, -0.2) is 15.0 Å². The fraction of sp³-hybridized carbons (Fsp3) is 0.0909. The largest absolute Gasteiger partial charge is 0.493 e. The number of carbonyl (C=O) groups excluding carboxylic acids is 1. The number of amides is 1. The van der Waals surface area contributed by atoms with Crippen LogP contribution in [0.15, 0.2) is 66.3 Å². The molecule has 0 aliphatic carbocycles. The molecule has 3 heterocycles. The molecule has 0 spiro atoms. The SMILES string of the molecule is O=C(Nc1nc(-c2ccc3c(c2)CCO3)cs1)c1cnc(-c2ccccc2)nc1. The first-order valence-electron chi connectivity index (χ1n) is 9.17. The number of nitrogens with one attached hydrogen (secondary N) is 1. The summed E-state index contributed by atoms with van der Waals surface area (Å²) in [5, 5.41) is 5.29. The third-order valence-electron chi connectivity index (χ3n) is 4.66. The van der Waals surface area contributed by atoms with Crippen molar-refractivity contribution >= 4 is 22.4 Å². The number of anilines is 1. The number of thiazole rings is 1. The molecule has 0 bridgehead atoms. The number of aromatic nitrogens is 3. The van der Waals surface area contributed by atoms with E-state index in [1.807, 2.05) is 47.8 Å². The number of ether oxygens (including phenoxy) is 1. The molecule has 0 radical (unpaired) electrons. The molecule has 5 rings (SSSR count). The molecule has 142 valence electrons. The molecule has 0 fully saturated rings. The summed E-state index contributed by atoms with van der Waals surface area (Å²) in [5.41, 5.74) is 4.33. The Labute approximate surface area is 171 Å². The van der Waals surface area contributed by atoms with Gasteiger partial charge in [-0.3, -0.25) is 10.1 Å². The van der Waals surface area contributed by atoms with E-state index < -0.39 is 0 Å². The van der Waals surface area contributed by atoms with Gasteiger partial charge in [-0.15, -0.1) is 11.3 Å². The van der Waals surface area contributed by atoms with Gasteiger partial charge in [0.2, 0.25) is 0 Å². The zero-order valence-electron chi connectivity index (χ0n) is 15.3. The fourth-order valence-corrected chi connectivity index (χ4v) is 3.88. The molecule has 7 heteroatoms. The Morgan fingerprint density at radius 2 is 1.86 bits per heavy atom. The zero-order chi connectivity index (χ0) is 19.6. The Kier molecular flexibility index (Phi) is 4.50. The second-order valence-corrected chi connectivity index (χ2v) is 7.43. The molecule has 29 heavy (non-hydrogen) atoms. The van der Waals surface area contributed by atoms with E-state index in [2.05, 4.69) is 26.3 Å². The van der Waals surface area contributed by atoms with Crippen LogP contribution in [0.4, 0.5) is 5.13 Å². The van der Waals surface area contributed by atoms with Gasteiger partial charge in [-0.1, -0.05) is 30.3 Å². The third kappa shape index (κ3) is 3.60. The predicted octanol–water partition coefficient (Wildman–Crippen LogP) is 4.45. The molecule has 6 nitrogen and oxygen atoms in total. The Morgan fingerprint density at radius 1 is 1.03 bits per heavy atom. The van der Waals surface area contributed by atoms with Crippen molar-refractivity contribution in [3.8, 4) is 28.4 Å². The summed E-state index contributed by atoms with van der Waals surface area (Å²) in [4.78, 5) is 25.7. The van der Waals surface area contributed by atoms with Crippen molar-refractivity contribution in [1.82, 2.24) is 15.0 Å². The fourth-order valence-electron chi connectivity index (χ4n) is 3.16. The second-order valence-electron chi connectivity index (χ2n) is 6.57.